The zero-order valence-corrected chi connectivity index (χ0v) is 23.1. The number of carbonyl (C=O) groups excluding carboxylic acids is 2. The van der Waals surface area contributed by atoms with E-state index in [9.17, 15) is 9.59 Å². The molecule has 0 bridgehead atoms. The molecular formula is C31H34N4O2S. The van der Waals surface area contributed by atoms with Crippen molar-refractivity contribution in [2.24, 2.45) is 5.92 Å². The second-order valence-electron chi connectivity index (χ2n) is 11.1. The summed E-state index contributed by atoms with van der Waals surface area (Å²) >= 11 is 1.46. The van der Waals surface area contributed by atoms with Crippen molar-refractivity contribution in [1.82, 2.24) is 4.90 Å². The predicted molar refractivity (Wildman–Crippen MR) is 158 cm³/mol. The summed E-state index contributed by atoms with van der Waals surface area (Å²) in [7, 11) is 0. The summed E-state index contributed by atoms with van der Waals surface area (Å²) in [4.78, 5) is 29.5. The van der Waals surface area contributed by atoms with E-state index in [-0.39, 0.29) is 29.2 Å². The molecule has 4 aromatic rings. The molecular weight excluding hydrogens is 492 g/mol. The van der Waals surface area contributed by atoms with E-state index in [1.165, 1.54) is 11.3 Å². The highest BCUT2D eigenvalue weighted by Crippen LogP contribution is 2.39. The topological polar surface area (TPSA) is 87.5 Å². The Hall–Kier alpha value is -3.68. The number of anilines is 3. The number of fused-ring (bicyclic) bond motifs is 1. The highest BCUT2D eigenvalue weighted by atomic mass is 32.1. The number of nitrogens with two attached hydrogens (primary N) is 1. The molecule has 0 saturated carbocycles. The SMILES string of the molecule is Cc1ccc(NC(=O)C2CN(C(C)(C)C)CC2c2ccc3cc(C(=O)Nc4ccccc4N)sc3c2)cc1. The molecule has 2 amide bonds. The van der Waals surface area contributed by atoms with Crippen LogP contribution in [-0.4, -0.2) is 35.3 Å². The Labute approximate surface area is 227 Å². The van der Waals surface area contributed by atoms with Crippen LogP contribution < -0.4 is 16.4 Å². The number of rotatable bonds is 5. The first-order chi connectivity index (χ1) is 18.1. The fourth-order valence-corrected chi connectivity index (χ4v) is 6.02. The Kier molecular flexibility index (Phi) is 6.99. The van der Waals surface area contributed by atoms with Crippen molar-refractivity contribution in [3.63, 3.8) is 0 Å². The predicted octanol–water partition coefficient (Wildman–Crippen LogP) is 6.50. The second-order valence-corrected chi connectivity index (χ2v) is 12.2. The van der Waals surface area contributed by atoms with Crippen LogP contribution in [0.15, 0.2) is 72.8 Å². The van der Waals surface area contributed by atoms with Gasteiger partial charge in [0.1, 0.15) is 0 Å². The van der Waals surface area contributed by atoms with Gasteiger partial charge in [0.25, 0.3) is 5.91 Å². The number of nitrogens with one attached hydrogen (secondary N) is 2. The molecule has 1 aromatic heterocycles. The van der Waals surface area contributed by atoms with Crippen molar-refractivity contribution in [3.8, 4) is 0 Å². The van der Waals surface area contributed by atoms with Gasteiger partial charge in [0.2, 0.25) is 5.91 Å². The van der Waals surface area contributed by atoms with Gasteiger partial charge >= 0.3 is 0 Å². The third-order valence-corrected chi connectivity index (χ3v) is 8.43. The summed E-state index contributed by atoms with van der Waals surface area (Å²) in [5.41, 5.74) is 10.2. The van der Waals surface area contributed by atoms with Gasteiger partial charge in [-0.25, -0.2) is 0 Å². The number of benzene rings is 3. The van der Waals surface area contributed by atoms with Crippen LogP contribution in [0, 0.1) is 12.8 Å². The van der Waals surface area contributed by atoms with Crippen molar-refractivity contribution in [2.45, 2.75) is 39.2 Å². The van der Waals surface area contributed by atoms with E-state index < -0.39 is 0 Å². The molecule has 2 unspecified atom stereocenters. The minimum Gasteiger partial charge on any atom is -0.397 e. The molecule has 0 aliphatic carbocycles. The van der Waals surface area contributed by atoms with Gasteiger partial charge in [-0.15, -0.1) is 11.3 Å². The Morgan fingerprint density at radius 2 is 1.68 bits per heavy atom. The van der Waals surface area contributed by atoms with Crippen LogP contribution in [0.2, 0.25) is 0 Å². The van der Waals surface area contributed by atoms with Gasteiger partial charge in [0.15, 0.2) is 0 Å². The van der Waals surface area contributed by atoms with E-state index in [2.05, 4.69) is 54.5 Å². The van der Waals surface area contributed by atoms with Crippen molar-refractivity contribution < 1.29 is 9.59 Å². The fourth-order valence-electron chi connectivity index (χ4n) is 5.01. The molecule has 1 aliphatic heterocycles. The molecule has 7 heteroatoms. The Morgan fingerprint density at radius 1 is 0.947 bits per heavy atom. The van der Waals surface area contributed by atoms with Gasteiger partial charge in [-0.3, -0.25) is 14.5 Å². The summed E-state index contributed by atoms with van der Waals surface area (Å²) in [5, 5.41) is 7.07. The first kappa shape index (κ1) is 25.9. The molecule has 0 spiro atoms. The van der Waals surface area contributed by atoms with Gasteiger partial charge in [0.05, 0.1) is 22.2 Å². The van der Waals surface area contributed by atoms with Crippen molar-refractivity contribution in [3.05, 3.63) is 88.8 Å². The second kappa shape index (κ2) is 10.2. The summed E-state index contributed by atoms with van der Waals surface area (Å²) < 4.78 is 1.03. The van der Waals surface area contributed by atoms with Crippen LogP contribution in [0.4, 0.5) is 17.1 Å². The Bertz CT molecular complexity index is 1490. The number of carbonyl (C=O) groups is 2. The number of amides is 2. The van der Waals surface area contributed by atoms with Gasteiger partial charge in [-0.2, -0.15) is 0 Å². The molecule has 3 aromatic carbocycles. The van der Waals surface area contributed by atoms with Crippen molar-refractivity contribution >= 4 is 50.3 Å². The van der Waals surface area contributed by atoms with Crippen LogP contribution in [-0.2, 0) is 4.79 Å². The molecule has 5 rings (SSSR count). The minimum absolute atomic E-state index is 0.0393. The molecule has 1 saturated heterocycles. The maximum absolute atomic E-state index is 13.5. The van der Waals surface area contributed by atoms with Crippen LogP contribution in [0.25, 0.3) is 10.1 Å². The highest BCUT2D eigenvalue weighted by Gasteiger charge is 2.42. The van der Waals surface area contributed by atoms with E-state index in [4.69, 9.17) is 5.73 Å². The number of hydrogen-bond donors (Lipinski definition) is 3. The van der Waals surface area contributed by atoms with E-state index in [0.29, 0.717) is 22.8 Å². The first-order valence-corrected chi connectivity index (χ1v) is 13.7. The van der Waals surface area contributed by atoms with E-state index >= 15 is 0 Å². The smallest absolute Gasteiger partial charge is 0.265 e. The van der Waals surface area contributed by atoms with Crippen molar-refractivity contribution in [2.75, 3.05) is 29.5 Å². The van der Waals surface area contributed by atoms with Crippen molar-refractivity contribution in [1.29, 1.82) is 0 Å². The van der Waals surface area contributed by atoms with E-state index in [0.717, 1.165) is 33.4 Å². The van der Waals surface area contributed by atoms with Crippen LogP contribution in [0.1, 0.15) is 47.5 Å². The Balaban J connectivity index is 1.41. The average molecular weight is 527 g/mol. The molecule has 4 N–H and O–H groups in total. The standard InChI is InChI=1S/C31H34N4O2S/c1-19-9-13-22(14-10-19)33-29(36)24-18-35(31(2,3)4)17-23(24)20-11-12-21-16-28(38-27(21)15-20)30(37)34-26-8-6-5-7-25(26)32/h5-16,23-24H,17-18,32H2,1-4H3,(H,33,36)(H,34,37). The quantitative estimate of drug-likeness (QED) is 0.259. The van der Waals surface area contributed by atoms with Gasteiger partial charge < -0.3 is 16.4 Å². The molecule has 196 valence electrons. The molecule has 1 aliphatic rings. The minimum atomic E-state index is -0.184. The maximum atomic E-state index is 13.5. The summed E-state index contributed by atoms with van der Waals surface area (Å²) in [5.74, 6) is -0.275. The summed E-state index contributed by atoms with van der Waals surface area (Å²) in [6.45, 7) is 10.1. The molecule has 6 nitrogen and oxygen atoms in total. The van der Waals surface area contributed by atoms with E-state index in [1.54, 1.807) is 12.1 Å². The van der Waals surface area contributed by atoms with Crippen LogP contribution in [0.5, 0.6) is 0 Å². The lowest BCUT2D eigenvalue weighted by Gasteiger charge is -2.31. The largest absolute Gasteiger partial charge is 0.397 e. The normalized spacial score (nSPS) is 18.0. The molecule has 0 radical (unpaired) electrons. The maximum Gasteiger partial charge on any atom is 0.265 e. The number of likely N-dealkylation sites (tertiary alicyclic amines) is 1. The third-order valence-electron chi connectivity index (χ3n) is 7.33. The highest BCUT2D eigenvalue weighted by molar-refractivity contribution is 7.20. The number of nitrogens with zero attached hydrogens (tertiary/aromatic N) is 1. The lowest BCUT2D eigenvalue weighted by atomic mass is 9.88. The number of nitrogen functional groups attached to an aromatic ring is 1. The molecule has 2 atom stereocenters. The van der Waals surface area contributed by atoms with E-state index in [1.807, 2.05) is 49.4 Å². The van der Waals surface area contributed by atoms with Crippen LogP contribution >= 0.6 is 11.3 Å². The lowest BCUT2D eigenvalue weighted by Crippen LogP contribution is -2.40. The lowest BCUT2D eigenvalue weighted by molar-refractivity contribution is -0.120. The first-order valence-electron chi connectivity index (χ1n) is 12.9. The zero-order valence-electron chi connectivity index (χ0n) is 22.2. The fraction of sp³-hybridized carbons (Fsp3) is 0.290. The summed E-state index contributed by atoms with van der Waals surface area (Å²) in [6.07, 6.45) is 0. The molecule has 1 fully saturated rings. The van der Waals surface area contributed by atoms with Gasteiger partial charge in [-0.1, -0.05) is 42.0 Å². The van der Waals surface area contributed by atoms with Gasteiger partial charge in [0, 0.05) is 34.9 Å². The number of para-hydroxylation sites is 2. The number of thiophene rings is 1. The van der Waals surface area contributed by atoms with Crippen LogP contribution in [0.3, 0.4) is 0 Å². The zero-order chi connectivity index (χ0) is 27.0. The monoisotopic (exact) mass is 526 g/mol. The molecule has 2 heterocycles. The third kappa shape index (κ3) is 5.44. The van der Waals surface area contributed by atoms with Gasteiger partial charge in [-0.05, 0) is 75.0 Å². The Morgan fingerprint density at radius 3 is 2.39 bits per heavy atom. The number of hydrogen-bond acceptors (Lipinski definition) is 5. The summed E-state index contributed by atoms with van der Waals surface area (Å²) in [6, 6.07) is 23.4. The molecule has 38 heavy (non-hydrogen) atoms. The average Bonchev–Trinajstić information content (AvgIpc) is 3.51. The number of aryl methyl sites for hydroxylation is 1.